The first-order chi connectivity index (χ1) is 9.54. The van der Waals surface area contributed by atoms with Crippen LogP contribution in [0.1, 0.15) is 11.1 Å². The maximum atomic E-state index is 13.7. The quantitative estimate of drug-likeness (QED) is 0.673. The third-order valence-corrected chi connectivity index (χ3v) is 2.72. The van der Waals surface area contributed by atoms with Gasteiger partial charge in [0, 0.05) is 12.1 Å². The molecule has 0 fully saturated rings. The molecule has 0 saturated heterocycles. The molecule has 0 heterocycles. The highest BCUT2D eigenvalue weighted by atomic mass is 19.1. The molecule has 2 nitrogen and oxygen atoms in total. The van der Waals surface area contributed by atoms with Crippen molar-refractivity contribution in [3.8, 4) is 6.07 Å². The minimum absolute atomic E-state index is 0.0741. The number of nitrogens with zero attached hydrogens (tertiary/aromatic N) is 1. The summed E-state index contributed by atoms with van der Waals surface area (Å²) in [4.78, 5) is 0. The van der Waals surface area contributed by atoms with E-state index < -0.39 is 23.0 Å². The van der Waals surface area contributed by atoms with Gasteiger partial charge in [0.2, 0.25) is 0 Å². The average molecular weight is 274 g/mol. The van der Waals surface area contributed by atoms with Gasteiger partial charge in [0.25, 0.3) is 0 Å². The Labute approximate surface area is 113 Å². The molecule has 0 saturated carbocycles. The molecule has 2 aromatic rings. The summed E-state index contributed by atoms with van der Waals surface area (Å²) >= 11 is 0. The van der Waals surface area contributed by atoms with E-state index in [0.29, 0.717) is 17.7 Å². The van der Waals surface area contributed by atoms with Gasteiger partial charge in [-0.1, -0.05) is 30.3 Å². The predicted molar refractivity (Wildman–Crippen MR) is 69.4 cm³/mol. The van der Waals surface area contributed by atoms with Crippen molar-refractivity contribution < 1.29 is 13.2 Å². The Balaban J connectivity index is 2.68. The lowest BCUT2D eigenvalue weighted by atomic mass is 10.00. The average Bonchev–Trinajstić information content (AvgIpc) is 2.39. The van der Waals surface area contributed by atoms with Crippen molar-refractivity contribution in [3.63, 3.8) is 0 Å². The number of rotatable bonds is 2. The molecule has 0 aliphatic heterocycles. The van der Waals surface area contributed by atoms with Crippen molar-refractivity contribution >= 4 is 11.3 Å². The third kappa shape index (κ3) is 2.50. The largest absolute Gasteiger partial charge is 0.397 e. The van der Waals surface area contributed by atoms with Crippen LogP contribution in [0.2, 0.25) is 0 Å². The molecule has 0 spiro atoms. The molecule has 20 heavy (non-hydrogen) atoms. The highest BCUT2D eigenvalue weighted by Gasteiger charge is 2.18. The van der Waals surface area contributed by atoms with E-state index in [4.69, 9.17) is 11.0 Å². The predicted octanol–water partition coefficient (Wildman–Crippen LogP) is 3.45. The minimum atomic E-state index is -1.15. The van der Waals surface area contributed by atoms with Crippen molar-refractivity contribution in [3.05, 3.63) is 71.0 Å². The Morgan fingerprint density at radius 1 is 1.00 bits per heavy atom. The fraction of sp³-hybridized carbons (Fsp3) is 0. The minimum Gasteiger partial charge on any atom is -0.397 e. The summed E-state index contributed by atoms with van der Waals surface area (Å²) in [6.07, 6.45) is 0. The second-order valence-corrected chi connectivity index (χ2v) is 4.01. The second-order valence-electron chi connectivity index (χ2n) is 4.01. The van der Waals surface area contributed by atoms with Crippen LogP contribution >= 0.6 is 0 Å². The summed E-state index contributed by atoms with van der Waals surface area (Å²) in [6, 6.07) is 11.1. The van der Waals surface area contributed by atoms with Gasteiger partial charge in [-0.15, -0.1) is 0 Å². The van der Waals surface area contributed by atoms with Gasteiger partial charge < -0.3 is 5.73 Å². The van der Waals surface area contributed by atoms with E-state index in [1.54, 1.807) is 30.3 Å². The van der Waals surface area contributed by atoms with E-state index >= 15 is 0 Å². The molecule has 2 rings (SSSR count). The molecule has 2 aromatic carbocycles. The summed E-state index contributed by atoms with van der Waals surface area (Å²) in [6.45, 7) is 0. The molecule has 0 unspecified atom stereocenters. The number of hydrogen-bond donors (Lipinski definition) is 1. The number of hydrogen-bond acceptors (Lipinski definition) is 2. The van der Waals surface area contributed by atoms with E-state index in [1.807, 2.05) is 6.07 Å². The summed E-state index contributed by atoms with van der Waals surface area (Å²) in [5, 5.41) is 9.14. The third-order valence-electron chi connectivity index (χ3n) is 2.72. The summed E-state index contributed by atoms with van der Waals surface area (Å²) < 4.78 is 40.2. The summed E-state index contributed by atoms with van der Waals surface area (Å²) in [5.74, 6) is -3.35. The van der Waals surface area contributed by atoms with Gasteiger partial charge in [-0.25, -0.2) is 13.2 Å². The van der Waals surface area contributed by atoms with Crippen molar-refractivity contribution in [2.75, 3.05) is 0 Å². The van der Waals surface area contributed by atoms with Crippen LogP contribution in [0.5, 0.6) is 0 Å². The van der Waals surface area contributed by atoms with Crippen LogP contribution in [0, 0.1) is 28.8 Å². The summed E-state index contributed by atoms with van der Waals surface area (Å²) in [7, 11) is 0. The lowest BCUT2D eigenvalue weighted by Gasteiger charge is -2.09. The number of allylic oxidation sites excluding steroid dienone is 1. The maximum Gasteiger partial charge on any atom is 0.138 e. The van der Waals surface area contributed by atoms with Crippen LogP contribution in [-0.4, -0.2) is 0 Å². The number of nitrogens with two attached hydrogens (primary N) is 1. The monoisotopic (exact) mass is 274 g/mol. The molecule has 0 aliphatic carbocycles. The lowest BCUT2D eigenvalue weighted by Crippen LogP contribution is -2.06. The van der Waals surface area contributed by atoms with Gasteiger partial charge in [-0.05, 0) is 5.56 Å². The van der Waals surface area contributed by atoms with Crippen LogP contribution < -0.4 is 5.73 Å². The highest BCUT2D eigenvalue weighted by Crippen LogP contribution is 2.26. The Kier molecular flexibility index (Phi) is 3.76. The van der Waals surface area contributed by atoms with Crippen LogP contribution in [0.25, 0.3) is 11.3 Å². The molecular weight excluding hydrogens is 265 g/mol. The standard InChI is InChI=1S/C15H9F3N2/c16-10-6-12(17)14(13(18)7-10)15(20)11(8-19)9-4-2-1-3-5-9/h1-7H,20H2/b15-11-. The molecule has 0 atom stereocenters. The molecule has 2 N–H and O–H groups in total. The first kappa shape index (κ1) is 13.7. The topological polar surface area (TPSA) is 49.8 Å². The van der Waals surface area contributed by atoms with Crippen molar-refractivity contribution in [2.45, 2.75) is 0 Å². The molecule has 0 aromatic heterocycles. The van der Waals surface area contributed by atoms with E-state index in [-0.39, 0.29) is 11.3 Å². The first-order valence-corrected chi connectivity index (χ1v) is 5.64. The smallest absolute Gasteiger partial charge is 0.138 e. The number of benzene rings is 2. The molecule has 100 valence electrons. The van der Waals surface area contributed by atoms with Crippen LogP contribution in [-0.2, 0) is 0 Å². The Morgan fingerprint density at radius 2 is 1.55 bits per heavy atom. The SMILES string of the molecule is N#C/C(=C(/N)c1c(F)cc(F)cc1F)c1ccccc1. The van der Waals surface area contributed by atoms with Gasteiger partial charge in [0.05, 0.1) is 16.8 Å². The van der Waals surface area contributed by atoms with Gasteiger partial charge in [0.15, 0.2) is 0 Å². The van der Waals surface area contributed by atoms with Gasteiger partial charge in [0.1, 0.15) is 23.5 Å². The Morgan fingerprint density at radius 3 is 2.05 bits per heavy atom. The lowest BCUT2D eigenvalue weighted by molar-refractivity contribution is 0.539. The molecule has 5 heteroatoms. The van der Waals surface area contributed by atoms with Gasteiger partial charge >= 0.3 is 0 Å². The molecule has 0 amide bonds. The van der Waals surface area contributed by atoms with Crippen molar-refractivity contribution in [1.82, 2.24) is 0 Å². The normalized spacial score (nSPS) is 11.7. The number of nitriles is 1. The van der Waals surface area contributed by atoms with Gasteiger partial charge in [-0.2, -0.15) is 5.26 Å². The fourth-order valence-corrected chi connectivity index (χ4v) is 1.81. The highest BCUT2D eigenvalue weighted by molar-refractivity contribution is 5.96. The summed E-state index contributed by atoms with van der Waals surface area (Å²) in [5.41, 5.74) is 5.07. The molecular formula is C15H9F3N2. The van der Waals surface area contributed by atoms with E-state index in [2.05, 4.69) is 0 Å². The fourth-order valence-electron chi connectivity index (χ4n) is 1.81. The van der Waals surface area contributed by atoms with Crippen molar-refractivity contribution in [1.29, 1.82) is 5.26 Å². The van der Waals surface area contributed by atoms with E-state index in [1.165, 1.54) is 0 Å². The van der Waals surface area contributed by atoms with Crippen LogP contribution in [0.15, 0.2) is 42.5 Å². The molecule has 0 radical (unpaired) electrons. The van der Waals surface area contributed by atoms with E-state index in [9.17, 15) is 13.2 Å². The zero-order valence-electron chi connectivity index (χ0n) is 10.2. The van der Waals surface area contributed by atoms with Crippen LogP contribution in [0.4, 0.5) is 13.2 Å². The molecule has 0 bridgehead atoms. The Hall–Kier alpha value is -2.74. The maximum absolute atomic E-state index is 13.7. The van der Waals surface area contributed by atoms with Crippen molar-refractivity contribution in [2.24, 2.45) is 5.73 Å². The molecule has 0 aliphatic rings. The Bertz CT molecular complexity index is 693. The second kappa shape index (κ2) is 5.49. The number of halogens is 3. The zero-order valence-corrected chi connectivity index (χ0v) is 10.2. The van der Waals surface area contributed by atoms with Gasteiger partial charge in [-0.3, -0.25) is 0 Å². The van der Waals surface area contributed by atoms with E-state index in [0.717, 1.165) is 0 Å². The van der Waals surface area contributed by atoms with Crippen LogP contribution in [0.3, 0.4) is 0 Å². The zero-order chi connectivity index (χ0) is 14.7. The first-order valence-electron chi connectivity index (χ1n) is 5.64.